The fourth-order valence-electron chi connectivity index (χ4n) is 2.74. The summed E-state index contributed by atoms with van der Waals surface area (Å²) in [6.45, 7) is 5.40. The summed E-state index contributed by atoms with van der Waals surface area (Å²) in [5.41, 5.74) is 7.83. The van der Waals surface area contributed by atoms with Gasteiger partial charge in [-0.1, -0.05) is 12.1 Å². The Morgan fingerprint density at radius 1 is 1.10 bits per heavy atom. The second-order valence-corrected chi connectivity index (χ2v) is 7.01. The zero-order valence-corrected chi connectivity index (χ0v) is 17.1. The molecule has 8 heteroatoms. The number of amides is 1. The van der Waals surface area contributed by atoms with Gasteiger partial charge in [-0.15, -0.1) is 0 Å². The van der Waals surface area contributed by atoms with Gasteiger partial charge < -0.3 is 14.5 Å². The molecular weight excluding hydrogens is 390 g/mol. The van der Waals surface area contributed by atoms with E-state index in [0.29, 0.717) is 11.3 Å². The molecule has 0 saturated carbocycles. The number of carbonyl (C=O) groups is 1. The van der Waals surface area contributed by atoms with Crippen LogP contribution in [0.2, 0.25) is 0 Å². The Morgan fingerprint density at radius 2 is 1.90 bits per heavy atom. The molecule has 150 valence electrons. The van der Waals surface area contributed by atoms with E-state index in [9.17, 15) is 9.59 Å². The lowest BCUT2D eigenvalue weighted by atomic mass is 10.1. The van der Waals surface area contributed by atoms with Gasteiger partial charge in [0.2, 0.25) is 0 Å². The van der Waals surface area contributed by atoms with Gasteiger partial charge in [-0.25, -0.2) is 4.79 Å². The molecule has 0 fully saturated rings. The van der Waals surface area contributed by atoms with Crippen LogP contribution in [0.4, 0.5) is 5.69 Å². The summed E-state index contributed by atoms with van der Waals surface area (Å²) >= 11 is 5.17. The summed E-state index contributed by atoms with van der Waals surface area (Å²) < 4.78 is 10.8. The molecule has 1 aromatic heterocycles. The van der Waals surface area contributed by atoms with E-state index in [0.717, 1.165) is 22.2 Å². The van der Waals surface area contributed by atoms with E-state index in [-0.39, 0.29) is 5.11 Å². The summed E-state index contributed by atoms with van der Waals surface area (Å²) in [5, 5.41) is 4.04. The Labute approximate surface area is 173 Å². The third-order valence-corrected chi connectivity index (χ3v) is 4.38. The quantitative estimate of drug-likeness (QED) is 0.345. The SMILES string of the molecule is Cc1cccc(NC(=S)NNC(=O)[C@H](C)Oc2ccc3c(C)cc(=O)oc3c2)c1. The zero-order chi connectivity index (χ0) is 21.0. The van der Waals surface area contributed by atoms with Gasteiger partial charge in [-0.2, -0.15) is 0 Å². The first kappa shape index (κ1) is 20.3. The first-order valence-electron chi connectivity index (χ1n) is 8.96. The molecule has 1 heterocycles. The van der Waals surface area contributed by atoms with Crippen molar-refractivity contribution in [3.8, 4) is 5.75 Å². The van der Waals surface area contributed by atoms with Crippen LogP contribution < -0.4 is 26.5 Å². The van der Waals surface area contributed by atoms with Gasteiger partial charge in [0, 0.05) is 23.2 Å². The summed E-state index contributed by atoms with van der Waals surface area (Å²) in [5.74, 6) is -0.00135. The van der Waals surface area contributed by atoms with Gasteiger partial charge in [-0.05, 0) is 68.4 Å². The van der Waals surface area contributed by atoms with E-state index in [2.05, 4.69) is 16.2 Å². The molecule has 0 unspecified atom stereocenters. The Bertz CT molecular complexity index is 1130. The van der Waals surface area contributed by atoms with Crippen molar-refractivity contribution in [1.82, 2.24) is 10.9 Å². The first-order chi connectivity index (χ1) is 13.8. The summed E-state index contributed by atoms with van der Waals surface area (Å²) in [6.07, 6.45) is -0.807. The molecule has 0 saturated heterocycles. The molecule has 0 radical (unpaired) electrons. The van der Waals surface area contributed by atoms with Gasteiger partial charge in [0.25, 0.3) is 5.91 Å². The minimum absolute atomic E-state index is 0.249. The fraction of sp³-hybridized carbons (Fsp3) is 0.190. The highest BCUT2D eigenvalue weighted by Gasteiger charge is 2.15. The molecule has 0 aliphatic heterocycles. The largest absolute Gasteiger partial charge is 0.481 e. The number of hydrogen-bond acceptors (Lipinski definition) is 5. The fourth-order valence-corrected chi connectivity index (χ4v) is 2.91. The maximum absolute atomic E-state index is 12.3. The second kappa shape index (κ2) is 8.74. The molecule has 0 aliphatic rings. The van der Waals surface area contributed by atoms with E-state index < -0.39 is 17.6 Å². The maximum Gasteiger partial charge on any atom is 0.336 e. The number of nitrogens with one attached hydrogen (secondary N) is 3. The van der Waals surface area contributed by atoms with Crippen LogP contribution in [0.25, 0.3) is 11.0 Å². The van der Waals surface area contributed by atoms with E-state index in [4.69, 9.17) is 21.4 Å². The van der Waals surface area contributed by atoms with E-state index >= 15 is 0 Å². The Hall–Kier alpha value is -3.39. The van der Waals surface area contributed by atoms with Crippen molar-refractivity contribution in [1.29, 1.82) is 0 Å². The topological polar surface area (TPSA) is 92.6 Å². The van der Waals surface area contributed by atoms with Gasteiger partial charge in [0.15, 0.2) is 11.2 Å². The number of anilines is 1. The van der Waals surface area contributed by atoms with E-state index in [1.165, 1.54) is 6.07 Å². The van der Waals surface area contributed by atoms with Crippen LogP contribution in [0.15, 0.2) is 57.7 Å². The van der Waals surface area contributed by atoms with Crippen LogP contribution in [0.1, 0.15) is 18.1 Å². The highest BCUT2D eigenvalue weighted by atomic mass is 32.1. The Balaban J connectivity index is 1.57. The van der Waals surface area contributed by atoms with Crippen LogP contribution >= 0.6 is 12.2 Å². The third-order valence-electron chi connectivity index (χ3n) is 4.18. The normalized spacial score (nSPS) is 11.6. The molecule has 29 heavy (non-hydrogen) atoms. The van der Waals surface area contributed by atoms with Crippen LogP contribution in [-0.2, 0) is 4.79 Å². The second-order valence-electron chi connectivity index (χ2n) is 6.60. The first-order valence-corrected chi connectivity index (χ1v) is 9.37. The van der Waals surface area contributed by atoms with Crippen LogP contribution in [0.5, 0.6) is 5.75 Å². The minimum Gasteiger partial charge on any atom is -0.481 e. The number of thiocarbonyl (C=S) groups is 1. The average molecular weight is 411 g/mol. The Morgan fingerprint density at radius 3 is 2.66 bits per heavy atom. The number of hydrazine groups is 1. The average Bonchev–Trinajstić information content (AvgIpc) is 2.65. The molecule has 3 rings (SSSR count). The molecule has 1 atom stereocenters. The van der Waals surface area contributed by atoms with Crippen LogP contribution in [-0.4, -0.2) is 17.1 Å². The summed E-state index contributed by atoms with van der Waals surface area (Å²) in [6, 6.07) is 14.2. The Kier molecular flexibility index (Phi) is 6.13. The number of benzene rings is 2. The van der Waals surface area contributed by atoms with Gasteiger partial charge >= 0.3 is 5.63 Å². The smallest absolute Gasteiger partial charge is 0.336 e. The predicted octanol–water partition coefficient (Wildman–Crippen LogP) is 3.19. The number of hydrogen-bond donors (Lipinski definition) is 3. The zero-order valence-electron chi connectivity index (χ0n) is 16.2. The molecular formula is C21H21N3O4S. The number of fused-ring (bicyclic) bond motifs is 1. The highest BCUT2D eigenvalue weighted by molar-refractivity contribution is 7.80. The third kappa shape index (κ3) is 5.32. The lowest BCUT2D eigenvalue weighted by Crippen LogP contribution is -2.48. The van der Waals surface area contributed by atoms with E-state index in [1.54, 1.807) is 25.1 Å². The summed E-state index contributed by atoms with van der Waals surface area (Å²) in [4.78, 5) is 23.8. The van der Waals surface area contributed by atoms with Crippen molar-refractivity contribution in [3.05, 3.63) is 70.1 Å². The molecule has 3 N–H and O–H groups in total. The van der Waals surface area contributed by atoms with Crippen molar-refractivity contribution in [2.75, 3.05) is 5.32 Å². The van der Waals surface area contributed by atoms with Crippen molar-refractivity contribution in [3.63, 3.8) is 0 Å². The molecule has 2 aromatic carbocycles. The number of ether oxygens (including phenoxy) is 1. The molecule has 0 aliphatic carbocycles. The lowest BCUT2D eigenvalue weighted by Gasteiger charge is -2.17. The van der Waals surface area contributed by atoms with Crippen molar-refractivity contribution >= 4 is 39.9 Å². The standard InChI is InChI=1S/C21H21N3O4S/c1-12-5-4-6-15(9-12)22-21(29)24-23-20(26)14(3)27-16-7-8-17-13(2)10-19(25)28-18(17)11-16/h4-11,14H,1-3H3,(H,23,26)(H2,22,24,29)/t14-/m0/s1. The van der Waals surface area contributed by atoms with Gasteiger partial charge in [-0.3, -0.25) is 15.6 Å². The number of aryl methyl sites for hydroxylation is 2. The molecule has 7 nitrogen and oxygen atoms in total. The van der Waals surface area contributed by atoms with Crippen molar-refractivity contribution in [2.45, 2.75) is 26.9 Å². The minimum atomic E-state index is -0.807. The van der Waals surface area contributed by atoms with Gasteiger partial charge in [0.1, 0.15) is 11.3 Å². The molecule has 1 amide bonds. The highest BCUT2D eigenvalue weighted by Crippen LogP contribution is 2.23. The molecule has 3 aromatic rings. The van der Waals surface area contributed by atoms with Crippen LogP contribution in [0, 0.1) is 13.8 Å². The maximum atomic E-state index is 12.3. The van der Waals surface area contributed by atoms with E-state index in [1.807, 2.05) is 38.1 Å². The van der Waals surface area contributed by atoms with Gasteiger partial charge in [0.05, 0.1) is 0 Å². The predicted molar refractivity (Wildman–Crippen MR) is 116 cm³/mol. The molecule has 0 bridgehead atoms. The summed E-state index contributed by atoms with van der Waals surface area (Å²) in [7, 11) is 0. The molecule has 0 spiro atoms. The van der Waals surface area contributed by atoms with Crippen molar-refractivity contribution in [2.24, 2.45) is 0 Å². The number of carbonyl (C=O) groups excluding carboxylic acids is 1. The monoisotopic (exact) mass is 411 g/mol. The van der Waals surface area contributed by atoms with Crippen LogP contribution in [0.3, 0.4) is 0 Å². The van der Waals surface area contributed by atoms with Crippen molar-refractivity contribution < 1.29 is 13.9 Å². The number of rotatable bonds is 4. The lowest BCUT2D eigenvalue weighted by molar-refractivity contribution is -0.127.